The maximum absolute atomic E-state index is 13.5. The topological polar surface area (TPSA) is 39.7 Å². The third-order valence-corrected chi connectivity index (χ3v) is 5.22. The van der Waals surface area contributed by atoms with Crippen molar-refractivity contribution < 1.29 is 4.39 Å². The first-order valence-corrected chi connectivity index (χ1v) is 10.5. The fourth-order valence-corrected chi connectivity index (χ4v) is 3.63. The van der Waals surface area contributed by atoms with E-state index in [4.69, 9.17) is 4.99 Å². The second-order valence-corrected chi connectivity index (χ2v) is 7.53. The minimum atomic E-state index is -0.177. The van der Waals surface area contributed by atoms with Crippen LogP contribution in [0.15, 0.2) is 23.2 Å². The van der Waals surface area contributed by atoms with Crippen molar-refractivity contribution in [2.45, 2.75) is 32.1 Å². The van der Waals surface area contributed by atoms with Crippen molar-refractivity contribution >= 4 is 17.7 Å². The Morgan fingerprint density at radius 2 is 2.04 bits per heavy atom. The molecule has 0 aromatic heterocycles. The summed E-state index contributed by atoms with van der Waals surface area (Å²) in [5, 5.41) is 6.79. The normalized spacial score (nSPS) is 16.9. The molecule has 6 heteroatoms. The van der Waals surface area contributed by atoms with E-state index in [1.54, 1.807) is 17.8 Å². The highest BCUT2D eigenvalue weighted by Gasteiger charge is 2.16. The highest BCUT2D eigenvalue weighted by Crippen LogP contribution is 2.18. The van der Waals surface area contributed by atoms with Crippen LogP contribution in [-0.2, 0) is 12.3 Å². The number of hydrogen-bond acceptors (Lipinski definition) is 3. The molecule has 0 unspecified atom stereocenters. The fourth-order valence-electron chi connectivity index (χ4n) is 3.05. The predicted octanol–water partition coefficient (Wildman–Crippen LogP) is 3.09. The average Bonchev–Trinajstić information content (AvgIpc) is 2.60. The zero-order valence-corrected chi connectivity index (χ0v) is 16.5. The molecule has 25 heavy (non-hydrogen) atoms. The summed E-state index contributed by atoms with van der Waals surface area (Å²) >= 11 is 1.70. The highest BCUT2D eigenvalue weighted by molar-refractivity contribution is 7.97. The molecule has 4 nitrogen and oxygen atoms in total. The van der Waals surface area contributed by atoms with E-state index in [0.29, 0.717) is 12.5 Å². The van der Waals surface area contributed by atoms with E-state index in [1.165, 1.54) is 32.0 Å². The molecule has 0 atom stereocenters. The van der Waals surface area contributed by atoms with E-state index in [9.17, 15) is 4.39 Å². The van der Waals surface area contributed by atoms with Crippen LogP contribution in [0, 0.1) is 11.7 Å². The minimum absolute atomic E-state index is 0.177. The summed E-state index contributed by atoms with van der Waals surface area (Å²) in [6, 6.07) is 5.00. The van der Waals surface area contributed by atoms with Gasteiger partial charge in [0.1, 0.15) is 5.82 Å². The van der Waals surface area contributed by atoms with Crippen molar-refractivity contribution in [1.29, 1.82) is 0 Å². The smallest absolute Gasteiger partial charge is 0.191 e. The molecule has 0 spiro atoms. The van der Waals surface area contributed by atoms with Gasteiger partial charge in [-0.15, -0.1) is 0 Å². The van der Waals surface area contributed by atoms with Crippen LogP contribution in [0.4, 0.5) is 4.39 Å². The number of guanidine groups is 1. The van der Waals surface area contributed by atoms with Gasteiger partial charge < -0.3 is 15.5 Å². The molecule has 2 rings (SSSR count). The fraction of sp³-hybridized carbons (Fsp3) is 0.632. The zero-order chi connectivity index (χ0) is 18.1. The Kier molecular flexibility index (Phi) is 8.55. The van der Waals surface area contributed by atoms with Crippen LogP contribution >= 0.6 is 11.8 Å². The van der Waals surface area contributed by atoms with Crippen LogP contribution in [0.3, 0.4) is 0 Å². The Hall–Kier alpha value is -1.27. The van der Waals surface area contributed by atoms with Gasteiger partial charge in [0.25, 0.3) is 0 Å². The van der Waals surface area contributed by atoms with E-state index < -0.39 is 0 Å². The maximum Gasteiger partial charge on any atom is 0.191 e. The van der Waals surface area contributed by atoms with Gasteiger partial charge in [0.05, 0.1) is 6.54 Å². The maximum atomic E-state index is 13.5. The number of thioether (sulfide) groups is 1. The Balaban J connectivity index is 1.94. The Bertz CT molecular complexity index is 556. The quantitative estimate of drug-likeness (QED) is 0.575. The van der Waals surface area contributed by atoms with Crippen molar-refractivity contribution in [2.75, 3.05) is 39.5 Å². The average molecular weight is 367 g/mol. The summed E-state index contributed by atoms with van der Waals surface area (Å²) in [5.74, 6) is 2.19. The molecule has 0 amide bonds. The Morgan fingerprint density at radius 1 is 1.28 bits per heavy atom. The summed E-state index contributed by atoms with van der Waals surface area (Å²) in [6.07, 6.45) is 4.50. The lowest BCUT2D eigenvalue weighted by atomic mass is 9.97. The van der Waals surface area contributed by atoms with Crippen molar-refractivity contribution in [3.05, 3.63) is 35.1 Å². The molecule has 0 saturated carbocycles. The lowest BCUT2D eigenvalue weighted by Gasteiger charge is -2.29. The summed E-state index contributed by atoms with van der Waals surface area (Å²) in [5.41, 5.74) is 2.12. The lowest BCUT2D eigenvalue weighted by molar-refractivity contribution is 0.220. The largest absolute Gasteiger partial charge is 0.357 e. The molecule has 1 aliphatic rings. The number of piperidine rings is 1. The number of hydrogen-bond donors (Lipinski definition) is 2. The van der Waals surface area contributed by atoms with Crippen molar-refractivity contribution in [2.24, 2.45) is 10.9 Å². The first kappa shape index (κ1) is 20.0. The molecule has 1 heterocycles. The van der Waals surface area contributed by atoms with Gasteiger partial charge in [-0.3, -0.25) is 0 Å². The van der Waals surface area contributed by atoms with Gasteiger partial charge in [-0.25, -0.2) is 9.38 Å². The second kappa shape index (κ2) is 10.7. The molecule has 1 aromatic carbocycles. The third kappa shape index (κ3) is 6.86. The van der Waals surface area contributed by atoms with Gasteiger partial charge in [0.15, 0.2) is 5.96 Å². The van der Waals surface area contributed by atoms with Gasteiger partial charge >= 0.3 is 0 Å². The van der Waals surface area contributed by atoms with E-state index in [0.717, 1.165) is 35.9 Å². The molecule has 1 fully saturated rings. The summed E-state index contributed by atoms with van der Waals surface area (Å²) in [7, 11) is 2.18. The summed E-state index contributed by atoms with van der Waals surface area (Å²) in [4.78, 5) is 7.09. The molecule has 0 radical (unpaired) electrons. The molecule has 0 aliphatic carbocycles. The Labute approximate surface area is 155 Å². The number of nitrogens with one attached hydrogen (secondary N) is 2. The molecule has 1 aliphatic heterocycles. The zero-order valence-electron chi connectivity index (χ0n) is 15.6. The van der Waals surface area contributed by atoms with Crippen molar-refractivity contribution in [1.82, 2.24) is 15.5 Å². The summed E-state index contributed by atoms with van der Waals surface area (Å²) in [6.45, 7) is 6.78. The molecular weight excluding hydrogens is 335 g/mol. The number of benzene rings is 1. The number of nitrogens with zero attached hydrogens (tertiary/aromatic N) is 2. The first-order chi connectivity index (χ1) is 12.1. The first-order valence-electron chi connectivity index (χ1n) is 9.09. The van der Waals surface area contributed by atoms with E-state index in [1.807, 2.05) is 12.3 Å². The van der Waals surface area contributed by atoms with Crippen LogP contribution in [0.2, 0.25) is 0 Å². The lowest BCUT2D eigenvalue weighted by Crippen LogP contribution is -2.42. The Morgan fingerprint density at radius 3 is 2.72 bits per heavy atom. The van der Waals surface area contributed by atoms with Gasteiger partial charge in [0.2, 0.25) is 0 Å². The molecular formula is C19H31FN4S. The SMILES string of the molecule is CCNC(=NCc1ccc(F)cc1CSC)NCC1CCN(C)CC1. The second-order valence-electron chi connectivity index (χ2n) is 6.67. The third-order valence-electron chi connectivity index (χ3n) is 4.62. The minimum Gasteiger partial charge on any atom is -0.357 e. The van der Waals surface area contributed by atoms with Gasteiger partial charge in [-0.1, -0.05) is 6.07 Å². The number of aliphatic imine (C=N–C) groups is 1. The van der Waals surface area contributed by atoms with Gasteiger partial charge in [0, 0.05) is 18.8 Å². The highest BCUT2D eigenvalue weighted by atomic mass is 32.2. The van der Waals surface area contributed by atoms with E-state index >= 15 is 0 Å². The van der Waals surface area contributed by atoms with Crippen molar-refractivity contribution in [3.8, 4) is 0 Å². The monoisotopic (exact) mass is 366 g/mol. The number of likely N-dealkylation sites (tertiary alicyclic amines) is 1. The van der Waals surface area contributed by atoms with Crippen LogP contribution < -0.4 is 10.6 Å². The van der Waals surface area contributed by atoms with Crippen LogP contribution in [0.25, 0.3) is 0 Å². The standard InChI is InChI=1S/C19H31FN4S/c1-4-21-19(22-12-15-7-9-24(2)10-8-15)23-13-16-5-6-18(20)11-17(16)14-25-3/h5-6,11,15H,4,7-10,12-14H2,1-3H3,(H2,21,22,23). The molecule has 0 bridgehead atoms. The number of rotatable bonds is 7. The summed E-state index contributed by atoms with van der Waals surface area (Å²) < 4.78 is 13.5. The number of halogens is 1. The van der Waals surface area contributed by atoms with Crippen LogP contribution in [-0.4, -0.2) is 50.3 Å². The molecule has 1 saturated heterocycles. The van der Waals surface area contributed by atoms with Crippen LogP contribution in [0.5, 0.6) is 0 Å². The van der Waals surface area contributed by atoms with Crippen LogP contribution in [0.1, 0.15) is 30.9 Å². The van der Waals surface area contributed by atoms with E-state index in [-0.39, 0.29) is 5.82 Å². The predicted molar refractivity (Wildman–Crippen MR) is 107 cm³/mol. The molecule has 2 N–H and O–H groups in total. The van der Waals surface area contributed by atoms with E-state index in [2.05, 4.69) is 29.5 Å². The molecule has 1 aromatic rings. The van der Waals surface area contributed by atoms with Gasteiger partial charge in [-0.2, -0.15) is 11.8 Å². The van der Waals surface area contributed by atoms with Gasteiger partial charge in [-0.05, 0) is 75.3 Å². The molecule has 140 valence electrons. The van der Waals surface area contributed by atoms with Crippen molar-refractivity contribution in [3.63, 3.8) is 0 Å².